The Morgan fingerprint density at radius 1 is 1.47 bits per heavy atom. The third-order valence-electron chi connectivity index (χ3n) is 1.77. The van der Waals surface area contributed by atoms with Crippen molar-refractivity contribution >= 4 is 65.9 Å². The molecule has 1 aromatic carbocycles. The van der Waals surface area contributed by atoms with Crippen LogP contribution in [-0.2, 0) is 11.8 Å². The molecule has 15 heavy (non-hydrogen) atoms. The second-order valence-corrected chi connectivity index (χ2v) is 11.7. The lowest BCUT2D eigenvalue weighted by atomic mass is 10.2. The predicted molar refractivity (Wildman–Crippen MR) is 74.0 cm³/mol. The van der Waals surface area contributed by atoms with Crippen molar-refractivity contribution < 1.29 is 0 Å². The number of nitrogens with one attached hydrogen (secondary N) is 1. The zero-order chi connectivity index (χ0) is 11.1. The molecule has 2 rings (SSSR count). The molecule has 1 aromatic heterocycles. The number of hydrogen-bond acceptors (Lipinski definition) is 3. The normalized spacial score (nSPS) is 11.9. The van der Waals surface area contributed by atoms with Crippen LogP contribution in [0.25, 0.3) is 10.2 Å². The van der Waals surface area contributed by atoms with Crippen LogP contribution in [0.1, 0.15) is 5.56 Å². The Morgan fingerprint density at radius 2 is 2.20 bits per heavy atom. The fourth-order valence-corrected chi connectivity index (χ4v) is 3.97. The van der Waals surface area contributed by atoms with Gasteiger partial charge in [0.25, 0.3) is 0 Å². The van der Waals surface area contributed by atoms with Crippen LogP contribution in [0.15, 0.2) is 18.2 Å². The van der Waals surface area contributed by atoms with E-state index < -0.39 is 4.89 Å². The number of halogens is 2. The summed E-state index contributed by atoms with van der Waals surface area (Å²) in [6.45, 7) is 2.03. The molecule has 0 spiro atoms. The maximum atomic E-state index is 5.77. The van der Waals surface area contributed by atoms with Crippen molar-refractivity contribution in [1.29, 1.82) is 0 Å². The molecular weight excluding hydrogens is 290 g/mol. The molecule has 0 aliphatic rings. The highest BCUT2D eigenvalue weighted by Gasteiger charge is 2.11. The molecule has 0 bridgehead atoms. The topological polar surface area (TPSA) is 24.9 Å². The van der Waals surface area contributed by atoms with E-state index in [4.69, 9.17) is 34.3 Å². The van der Waals surface area contributed by atoms with Gasteiger partial charge in [-0.25, -0.2) is 4.98 Å². The van der Waals surface area contributed by atoms with Crippen LogP contribution in [0.3, 0.4) is 0 Å². The van der Waals surface area contributed by atoms with Gasteiger partial charge in [-0.05, 0) is 58.9 Å². The molecule has 2 aromatic rings. The van der Waals surface area contributed by atoms with E-state index in [1.54, 1.807) is 0 Å². The number of hydrogen-bond donors (Lipinski definition) is 1. The van der Waals surface area contributed by atoms with E-state index >= 15 is 0 Å². The van der Waals surface area contributed by atoms with Crippen LogP contribution >= 0.6 is 38.7 Å². The van der Waals surface area contributed by atoms with Crippen LogP contribution in [0.2, 0.25) is 0 Å². The van der Waals surface area contributed by atoms with Crippen LogP contribution in [0.5, 0.6) is 0 Å². The van der Waals surface area contributed by atoms with E-state index in [0.717, 1.165) is 10.2 Å². The summed E-state index contributed by atoms with van der Waals surface area (Å²) in [6.07, 6.45) is 0. The fraction of sp³-hybridized carbons (Fsp3) is 0.125. The van der Waals surface area contributed by atoms with E-state index in [0.29, 0.717) is 5.13 Å². The number of anilines is 1. The zero-order valence-corrected chi connectivity index (χ0v) is 11.7. The van der Waals surface area contributed by atoms with Crippen molar-refractivity contribution in [3.8, 4) is 0 Å². The second-order valence-electron chi connectivity index (χ2n) is 3.06. The molecule has 0 aliphatic carbocycles. The number of aromatic nitrogens is 1. The summed E-state index contributed by atoms with van der Waals surface area (Å²) in [5, 5.41) is 3.54. The number of aryl methyl sites for hydroxylation is 1. The van der Waals surface area contributed by atoms with E-state index in [1.807, 2.05) is 25.1 Å². The maximum Gasteiger partial charge on any atom is 0.206 e. The minimum Gasteiger partial charge on any atom is -0.311 e. The lowest BCUT2D eigenvalue weighted by molar-refractivity contribution is 1.45. The summed E-state index contributed by atoms with van der Waals surface area (Å²) >= 11 is 17.9. The molecule has 1 N–H and O–H groups in total. The lowest BCUT2D eigenvalue weighted by Crippen LogP contribution is -1.83. The number of benzene rings is 1. The Hall–Kier alpha value is 0.140. The smallest absolute Gasteiger partial charge is 0.206 e. The largest absolute Gasteiger partial charge is 0.311 e. The Morgan fingerprint density at radius 3 is 2.87 bits per heavy atom. The third-order valence-corrected chi connectivity index (χ3v) is 4.13. The number of nitrogens with zero attached hydrogens (tertiary/aromatic N) is 1. The average Bonchev–Trinajstić information content (AvgIpc) is 2.42. The molecule has 0 fully saturated rings. The van der Waals surface area contributed by atoms with Crippen molar-refractivity contribution in [3.63, 3.8) is 0 Å². The van der Waals surface area contributed by atoms with Gasteiger partial charge < -0.3 is 5.09 Å². The average molecular weight is 297 g/mol. The number of thiazole rings is 1. The highest BCUT2D eigenvalue weighted by molar-refractivity contribution is 8.39. The molecule has 0 radical (unpaired) electrons. The molecular formula is C8H7Cl2N2PS2. The molecule has 1 heterocycles. The molecule has 0 saturated heterocycles. The Labute approximate surface area is 106 Å². The van der Waals surface area contributed by atoms with Crippen molar-refractivity contribution in [1.82, 2.24) is 4.98 Å². The van der Waals surface area contributed by atoms with E-state index in [1.165, 1.54) is 16.9 Å². The van der Waals surface area contributed by atoms with Gasteiger partial charge in [0.15, 0.2) is 5.13 Å². The van der Waals surface area contributed by atoms with Crippen LogP contribution in [0.4, 0.5) is 5.13 Å². The summed E-state index contributed by atoms with van der Waals surface area (Å²) in [5.41, 5.74) is 2.12. The van der Waals surface area contributed by atoms with Gasteiger partial charge >= 0.3 is 0 Å². The number of fused-ring (bicyclic) bond motifs is 1. The van der Waals surface area contributed by atoms with Crippen LogP contribution in [0, 0.1) is 6.92 Å². The molecule has 0 saturated carbocycles. The van der Waals surface area contributed by atoms with Crippen molar-refractivity contribution in [2.24, 2.45) is 0 Å². The van der Waals surface area contributed by atoms with Gasteiger partial charge in [0.2, 0.25) is 4.89 Å². The zero-order valence-electron chi connectivity index (χ0n) is 7.70. The Kier molecular flexibility index (Phi) is 3.25. The number of rotatable bonds is 2. The summed E-state index contributed by atoms with van der Waals surface area (Å²) in [4.78, 5) is 1.88. The lowest BCUT2D eigenvalue weighted by Gasteiger charge is -2.04. The first-order chi connectivity index (χ1) is 6.94. The summed E-state index contributed by atoms with van der Waals surface area (Å²) in [5.74, 6) is 0. The molecule has 0 aliphatic heterocycles. The van der Waals surface area contributed by atoms with E-state index in [2.05, 4.69) is 10.1 Å². The highest BCUT2D eigenvalue weighted by Crippen LogP contribution is 2.56. The molecule has 0 amide bonds. The summed E-state index contributed by atoms with van der Waals surface area (Å²) in [7, 11) is 0. The first-order valence-electron chi connectivity index (χ1n) is 4.09. The summed E-state index contributed by atoms with van der Waals surface area (Å²) < 4.78 is 1.10. The van der Waals surface area contributed by atoms with Gasteiger partial charge in [0, 0.05) is 0 Å². The Balaban J connectivity index is 2.43. The predicted octanol–water partition coefficient (Wildman–Crippen LogP) is 4.72. The highest BCUT2D eigenvalue weighted by atomic mass is 35.9. The maximum absolute atomic E-state index is 5.77. The van der Waals surface area contributed by atoms with Crippen molar-refractivity contribution in [2.75, 3.05) is 5.09 Å². The van der Waals surface area contributed by atoms with Gasteiger partial charge in [0.05, 0.1) is 10.2 Å². The monoisotopic (exact) mass is 296 g/mol. The minimum atomic E-state index is -2.48. The van der Waals surface area contributed by atoms with E-state index in [-0.39, 0.29) is 0 Å². The van der Waals surface area contributed by atoms with Crippen molar-refractivity contribution in [3.05, 3.63) is 23.8 Å². The minimum absolute atomic E-state index is 0.684. The standard InChI is InChI=1S/C8H7Cl2N2PS2/c1-5-2-3-7-6(4-5)11-8(15-7)12-13(9,10)14/h2-4H,1H3,(H,11,12,14). The molecule has 0 atom stereocenters. The molecule has 0 unspecified atom stereocenters. The fourth-order valence-electron chi connectivity index (χ4n) is 1.20. The second kappa shape index (κ2) is 4.19. The quantitative estimate of drug-likeness (QED) is 0.812. The van der Waals surface area contributed by atoms with Crippen LogP contribution < -0.4 is 5.09 Å². The van der Waals surface area contributed by atoms with E-state index in [9.17, 15) is 0 Å². The molecule has 7 heteroatoms. The van der Waals surface area contributed by atoms with Crippen molar-refractivity contribution in [2.45, 2.75) is 6.92 Å². The first-order valence-corrected chi connectivity index (χ1v) is 9.52. The van der Waals surface area contributed by atoms with Gasteiger partial charge in [-0.3, -0.25) is 0 Å². The SMILES string of the molecule is Cc1ccc2sc(NP(=S)(Cl)Cl)nc2c1. The molecule has 2 nitrogen and oxygen atoms in total. The first kappa shape index (κ1) is 11.6. The van der Waals surface area contributed by atoms with Crippen LogP contribution in [-0.4, -0.2) is 4.98 Å². The van der Waals surface area contributed by atoms with Gasteiger partial charge in [0.1, 0.15) is 0 Å². The van der Waals surface area contributed by atoms with Gasteiger partial charge in [-0.2, -0.15) is 0 Å². The third kappa shape index (κ3) is 3.05. The Bertz CT molecular complexity index is 549. The van der Waals surface area contributed by atoms with Gasteiger partial charge in [-0.1, -0.05) is 17.4 Å². The van der Waals surface area contributed by atoms with Gasteiger partial charge in [-0.15, -0.1) is 0 Å². The summed E-state index contributed by atoms with van der Waals surface area (Å²) in [6, 6.07) is 6.09. The molecule has 80 valence electrons.